The maximum Gasteiger partial charge on any atom is 0.320 e. The molecule has 7 heteroatoms. The van der Waals surface area contributed by atoms with Gasteiger partial charge in [-0.05, 0) is 29.8 Å². The van der Waals surface area contributed by atoms with E-state index in [1.54, 1.807) is 7.11 Å². The average molecular weight is 389 g/mol. The molecule has 0 bridgehead atoms. The largest absolute Gasteiger partial charge is 0.497 e. The summed E-state index contributed by atoms with van der Waals surface area (Å²) in [6.45, 7) is 2.51. The Kier molecular flexibility index (Phi) is 5.29. The van der Waals surface area contributed by atoms with E-state index in [9.17, 15) is 0 Å². The minimum Gasteiger partial charge on any atom is -0.497 e. The first-order valence-corrected chi connectivity index (χ1v) is 9.55. The molecule has 0 saturated carbocycles. The summed E-state index contributed by atoms with van der Waals surface area (Å²) >= 11 is 0. The Labute approximate surface area is 169 Å². The Balaban J connectivity index is 1.67. The Morgan fingerprint density at radius 1 is 0.966 bits per heavy atom. The molecule has 0 atom stereocenters. The molecule has 4 aromatic rings. The van der Waals surface area contributed by atoms with Gasteiger partial charge >= 0.3 is 6.01 Å². The fraction of sp³-hybridized carbons (Fsp3) is 0.227. The van der Waals surface area contributed by atoms with Crippen molar-refractivity contribution in [1.29, 1.82) is 0 Å². The van der Waals surface area contributed by atoms with Gasteiger partial charge in [-0.3, -0.25) is 4.57 Å². The van der Waals surface area contributed by atoms with Gasteiger partial charge in [0.25, 0.3) is 0 Å². The van der Waals surface area contributed by atoms with Crippen molar-refractivity contribution in [2.75, 3.05) is 19.5 Å². The number of aromatic nitrogens is 4. The second-order valence-electron chi connectivity index (χ2n) is 6.56. The van der Waals surface area contributed by atoms with Crippen LogP contribution in [0.5, 0.6) is 11.8 Å². The molecule has 148 valence electrons. The summed E-state index contributed by atoms with van der Waals surface area (Å²) in [5.74, 6) is 1.95. The molecule has 0 aliphatic carbocycles. The van der Waals surface area contributed by atoms with Crippen LogP contribution in [0.1, 0.15) is 18.3 Å². The SMILES string of the molecule is CCc1nc2c(N)nc(OCCc3ccccc3)nc2n1-c1ccc(OC)cc1. The lowest BCUT2D eigenvalue weighted by atomic mass is 10.2. The summed E-state index contributed by atoms with van der Waals surface area (Å²) in [5.41, 5.74) is 9.51. The smallest absolute Gasteiger partial charge is 0.320 e. The molecular weight excluding hydrogens is 366 g/mol. The molecule has 0 spiro atoms. The zero-order chi connectivity index (χ0) is 20.2. The van der Waals surface area contributed by atoms with E-state index in [1.165, 1.54) is 5.56 Å². The number of rotatable bonds is 7. The highest BCUT2D eigenvalue weighted by Crippen LogP contribution is 2.26. The summed E-state index contributed by atoms with van der Waals surface area (Å²) in [5, 5.41) is 0. The van der Waals surface area contributed by atoms with Crippen molar-refractivity contribution >= 4 is 17.0 Å². The molecule has 4 rings (SSSR count). The van der Waals surface area contributed by atoms with Crippen LogP contribution in [0, 0.1) is 0 Å². The quantitative estimate of drug-likeness (QED) is 0.520. The van der Waals surface area contributed by atoms with Crippen LogP contribution < -0.4 is 15.2 Å². The van der Waals surface area contributed by atoms with Crippen LogP contribution in [-0.2, 0) is 12.8 Å². The Morgan fingerprint density at radius 2 is 1.72 bits per heavy atom. The fourth-order valence-electron chi connectivity index (χ4n) is 3.21. The van der Waals surface area contributed by atoms with Crippen molar-refractivity contribution in [2.24, 2.45) is 0 Å². The molecule has 2 aromatic heterocycles. The van der Waals surface area contributed by atoms with E-state index < -0.39 is 0 Å². The molecule has 0 fully saturated rings. The number of nitrogens with zero attached hydrogens (tertiary/aromatic N) is 4. The minimum atomic E-state index is 0.253. The topological polar surface area (TPSA) is 88.1 Å². The highest BCUT2D eigenvalue weighted by atomic mass is 16.5. The number of nitrogen functional groups attached to an aromatic ring is 1. The first kappa shape index (κ1) is 18.7. The highest BCUT2D eigenvalue weighted by molar-refractivity contribution is 5.84. The number of hydrogen-bond donors (Lipinski definition) is 1. The molecule has 0 aliphatic rings. The van der Waals surface area contributed by atoms with Gasteiger partial charge in [0.05, 0.1) is 13.7 Å². The van der Waals surface area contributed by atoms with E-state index in [2.05, 4.69) is 27.1 Å². The van der Waals surface area contributed by atoms with Gasteiger partial charge in [0.15, 0.2) is 17.0 Å². The third-order valence-electron chi connectivity index (χ3n) is 4.69. The van der Waals surface area contributed by atoms with Crippen molar-refractivity contribution in [2.45, 2.75) is 19.8 Å². The molecule has 7 nitrogen and oxygen atoms in total. The van der Waals surface area contributed by atoms with E-state index in [0.29, 0.717) is 23.6 Å². The molecule has 29 heavy (non-hydrogen) atoms. The monoisotopic (exact) mass is 389 g/mol. The Morgan fingerprint density at radius 3 is 2.41 bits per heavy atom. The fourth-order valence-corrected chi connectivity index (χ4v) is 3.21. The first-order valence-electron chi connectivity index (χ1n) is 9.55. The summed E-state index contributed by atoms with van der Waals surface area (Å²) in [4.78, 5) is 13.5. The molecule has 2 aromatic carbocycles. The maximum absolute atomic E-state index is 6.17. The minimum absolute atomic E-state index is 0.253. The summed E-state index contributed by atoms with van der Waals surface area (Å²) in [7, 11) is 1.64. The van der Waals surface area contributed by atoms with E-state index in [4.69, 9.17) is 15.2 Å². The third-order valence-corrected chi connectivity index (χ3v) is 4.69. The van der Waals surface area contributed by atoms with Gasteiger partial charge in [0, 0.05) is 18.5 Å². The van der Waals surface area contributed by atoms with Crippen LogP contribution in [0.3, 0.4) is 0 Å². The molecule has 0 aliphatic heterocycles. The molecular formula is C22H23N5O2. The van der Waals surface area contributed by atoms with Gasteiger partial charge in [-0.15, -0.1) is 0 Å². The lowest BCUT2D eigenvalue weighted by Gasteiger charge is -2.10. The zero-order valence-electron chi connectivity index (χ0n) is 16.5. The van der Waals surface area contributed by atoms with E-state index in [-0.39, 0.29) is 6.01 Å². The predicted molar refractivity (Wildman–Crippen MR) is 113 cm³/mol. The van der Waals surface area contributed by atoms with Gasteiger partial charge in [0.1, 0.15) is 11.6 Å². The summed E-state index contributed by atoms with van der Waals surface area (Å²) in [6.07, 6.45) is 1.49. The van der Waals surface area contributed by atoms with Crippen molar-refractivity contribution in [3.05, 3.63) is 66.0 Å². The lowest BCUT2D eigenvalue weighted by Crippen LogP contribution is -2.07. The van der Waals surface area contributed by atoms with Gasteiger partial charge < -0.3 is 15.2 Å². The molecule has 0 unspecified atom stereocenters. The van der Waals surface area contributed by atoms with Gasteiger partial charge in [0.2, 0.25) is 0 Å². The number of hydrogen-bond acceptors (Lipinski definition) is 6. The zero-order valence-corrected chi connectivity index (χ0v) is 16.5. The summed E-state index contributed by atoms with van der Waals surface area (Å²) < 4.78 is 13.0. The van der Waals surface area contributed by atoms with Gasteiger partial charge in [-0.25, -0.2) is 4.98 Å². The maximum atomic E-state index is 6.17. The average Bonchev–Trinajstić information content (AvgIpc) is 3.14. The predicted octanol–water partition coefficient (Wildman–Crippen LogP) is 3.59. The Bertz CT molecular complexity index is 1110. The summed E-state index contributed by atoms with van der Waals surface area (Å²) in [6, 6.07) is 18.1. The van der Waals surface area contributed by atoms with Crippen LogP contribution >= 0.6 is 0 Å². The first-order chi connectivity index (χ1) is 14.2. The highest BCUT2D eigenvalue weighted by Gasteiger charge is 2.17. The molecule has 0 radical (unpaired) electrons. The standard InChI is InChI=1S/C22H23N5O2/c1-3-18-24-19-20(23)25-22(29-14-13-15-7-5-4-6-8-15)26-21(19)27(18)16-9-11-17(28-2)12-10-16/h4-12H,3,13-14H2,1-2H3,(H2,23,25,26). The number of anilines is 1. The lowest BCUT2D eigenvalue weighted by molar-refractivity contribution is 0.298. The normalized spacial score (nSPS) is 11.0. The number of methoxy groups -OCH3 is 1. The molecule has 2 N–H and O–H groups in total. The van der Waals surface area contributed by atoms with E-state index in [0.717, 1.165) is 30.1 Å². The number of aryl methyl sites for hydroxylation is 1. The van der Waals surface area contributed by atoms with Crippen LogP contribution in [0.4, 0.5) is 5.82 Å². The van der Waals surface area contributed by atoms with Crippen molar-refractivity contribution in [3.8, 4) is 17.4 Å². The number of nitrogens with two attached hydrogens (primary N) is 1. The van der Waals surface area contributed by atoms with E-state index >= 15 is 0 Å². The van der Waals surface area contributed by atoms with E-state index in [1.807, 2.05) is 54.0 Å². The van der Waals surface area contributed by atoms with Crippen LogP contribution in [0.15, 0.2) is 54.6 Å². The second kappa shape index (κ2) is 8.18. The molecule has 2 heterocycles. The number of fused-ring (bicyclic) bond motifs is 1. The van der Waals surface area contributed by atoms with Crippen LogP contribution in [0.25, 0.3) is 16.9 Å². The number of ether oxygens (including phenoxy) is 2. The van der Waals surface area contributed by atoms with Gasteiger partial charge in [-0.1, -0.05) is 37.3 Å². The Hall–Kier alpha value is -3.61. The van der Waals surface area contributed by atoms with Crippen LogP contribution in [-0.4, -0.2) is 33.2 Å². The van der Waals surface area contributed by atoms with Gasteiger partial charge in [-0.2, -0.15) is 9.97 Å². The number of benzene rings is 2. The van der Waals surface area contributed by atoms with Crippen molar-refractivity contribution in [1.82, 2.24) is 19.5 Å². The van der Waals surface area contributed by atoms with Crippen LogP contribution in [0.2, 0.25) is 0 Å². The number of imidazole rings is 1. The third kappa shape index (κ3) is 3.85. The second-order valence-corrected chi connectivity index (χ2v) is 6.56. The van der Waals surface area contributed by atoms with Crippen molar-refractivity contribution in [3.63, 3.8) is 0 Å². The molecule has 0 saturated heterocycles. The van der Waals surface area contributed by atoms with Crippen molar-refractivity contribution < 1.29 is 9.47 Å². The molecule has 0 amide bonds.